The summed E-state index contributed by atoms with van der Waals surface area (Å²) < 4.78 is 32.2. The van der Waals surface area contributed by atoms with Gasteiger partial charge in [-0.2, -0.15) is 0 Å². The molecule has 0 atom stereocenters. The number of ether oxygens (including phenoxy) is 6. The highest BCUT2D eigenvalue weighted by atomic mass is 16.6. The van der Waals surface area contributed by atoms with Crippen LogP contribution in [0.5, 0.6) is 0 Å². The summed E-state index contributed by atoms with van der Waals surface area (Å²) in [6.45, 7) is 0.303. The summed E-state index contributed by atoms with van der Waals surface area (Å²) >= 11 is 0. The number of allylic oxidation sites excluding steroid dienone is 4. The lowest BCUT2D eigenvalue weighted by Crippen LogP contribution is -2.23. The first-order chi connectivity index (χ1) is 14.6. The van der Waals surface area contributed by atoms with Gasteiger partial charge >= 0.3 is 0 Å². The Labute approximate surface area is 171 Å². The molecule has 30 heavy (non-hydrogen) atoms. The molecular weight excluding hydrogens is 400 g/mol. The molecule has 0 aromatic rings. The van der Waals surface area contributed by atoms with Gasteiger partial charge in [-0.3, -0.25) is 19.2 Å². The number of hydrogen-bond acceptors (Lipinski definition) is 10. The highest BCUT2D eigenvalue weighted by Gasteiger charge is 2.27. The molecule has 10 nitrogen and oxygen atoms in total. The van der Waals surface area contributed by atoms with Gasteiger partial charge < -0.3 is 28.4 Å². The fraction of sp³-hybridized carbons (Fsp3) is 0.400. The molecule has 3 aliphatic rings. The van der Waals surface area contributed by atoms with E-state index in [0.29, 0.717) is 0 Å². The van der Waals surface area contributed by atoms with Crippen LogP contribution >= 0.6 is 0 Å². The molecule has 1 heterocycles. The molecule has 0 unspecified atom stereocenters. The van der Waals surface area contributed by atoms with Crippen molar-refractivity contribution in [3.8, 4) is 0 Å². The van der Waals surface area contributed by atoms with Crippen molar-refractivity contribution in [2.75, 3.05) is 52.9 Å². The Morgan fingerprint density at radius 3 is 0.867 bits per heavy atom. The van der Waals surface area contributed by atoms with Gasteiger partial charge in [0, 0.05) is 0 Å². The van der Waals surface area contributed by atoms with E-state index in [2.05, 4.69) is 0 Å². The second-order valence-corrected chi connectivity index (χ2v) is 6.06. The number of carbonyl (C=O) groups is 4. The van der Waals surface area contributed by atoms with Crippen LogP contribution in [0.3, 0.4) is 0 Å². The summed E-state index contributed by atoms with van der Waals surface area (Å²) in [4.78, 5) is 48.0. The van der Waals surface area contributed by atoms with Crippen molar-refractivity contribution < 1.29 is 47.6 Å². The summed E-state index contributed by atoms with van der Waals surface area (Å²) in [6, 6.07) is 0. The van der Waals surface area contributed by atoms with Gasteiger partial charge in [-0.25, -0.2) is 0 Å². The van der Waals surface area contributed by atoms with E-state index in [4.69, 9.17) is 28.4 Å². The first-order valence-electron chi connectivity index (χ1n) is 9.26. The molecule has 0 spiro atoms. The molecule has 0 saturated heterocycles. The molecule has 0 N–H and O–H groups in total. The van der Waals surface area contributed by atoms with Crippen LogP contribution in [0.4, 0.5) is 0 Å². The van der Waals surface area contributed by atoms with Gasteiger partial charge in [0.2, 0.25) is 46.2 Å². The molecule has 0 fully saturated rings. The van der Waals surface area contributed by atoms with Crippen molar-refractivity contribution >= 4 is 23.1 Å². The molecule has 0 bridgehead atoms. The Kier molecular flexibility index (Phi) is 7.52. The van der Waals surface area contributed by atoms with Crippen LogP contribution < -0.4 is 0 Å². The highest BCUT2D eigenvalue weighted by molar-refractivity contribution is 6.18. The van der Waals surface area contributed by atoms with Gasteiger partial charge in [0.25, 0.3) is 0 Å². The van der Waals surface area contributed by atoms with Crippen molar-refractivity contribution in [1.82, 2.24) is 0 Å². The van der Waals surface area contributed by atoms with Gasteiger partial charge in [0.15, 0.2) is 0 Å². The largest absolute Gasteiger partial charge is 0.484 e. The van der Waals surface area contributed by atoms with Crippen molar-refractivity contribution in [1.29, 1.82) is 0 Å². The minimum atomic E-state index is -0.482. The third-order valence-electron chi connectivity index (χ3n) is 3.98. The van der Waals surface area contributed by atoms with E-state index >= 15 is 0 Å². The summed E-state index contributed by atoms with van der Waals surface area (Å²) in [5.41, 5.74) is 0. The number of carbonyl (C=O) groups excluding carboxylic acids is 4. The van der Waals surface area contributed by atoms with Gasteiger partial charge in [-0.15, -0.1) is 0 Å². The Balaban J connectivity index is 1.64. The molecule has 3 rings (SSSR count). The number of ketones is 4. The quantitative estimate of drug-likeness (QED) is 0.492. The standard InChI is InChI=1S/C20H20O10/c21-13-1-2-14(22)18-17(13)27-9-5-25-7-11-29-19-15(23)3-4-16(24)20(19)30-12-8-26-6-10-28-18/h1-4H,5-12H2. The van der Waals surface area contributed by atoms with E-state index in [-0.39, 0.29) is 75.9 Å². The molecule has 160 valence electrons. The third kappa shape index (κ3) is 5.43. The molecule has 0 saturated carbocycles. The van der Waals surface area contributed by atoms with Crippen molar-refractivity contribution in [3.63, 3.8) is 0 Å². The van der Waals surface area contributed by atoms with Crippen LogP contribution in [0.1, 0.15) is 0 Å². The predicted octanol–water partition coefficient (Wildman–Crippen LogP) is -0.0612. The molecule has 0 aromatic heterocycles. The minimum Gasteiger partial charge on any atom is -0.484 e. The van der Waals surface area contributed by atoms with Crippen LogP contribution in [0.25, 0.3) is 0 Å². The third-order valence-corrected chi connectivity index (χ3v) is 3.98. The molecule has 0 amide bonds. The maximum atomic E-state index is 12.0. The Bertz CT molecular complexity index is 712. The molecule has 2 aliphatic carbocycles. The van der Waals surface area contributed by atoms with E-state index in [0.717, 1.165) is 24.3 Å². The van der Waals surface area contributed by atoms with Crippen LogP contribution in [0.2, 0.25) is 0 Å². The number of hydrogen-bond donors (Lipinski definition) is 0. The maximum absolute atomic E-state index is 12.0. The summed E-state index contributed by atoms with van der Waals surface area (Å²) in [5, 5.41) is 0. The molecular formula is C20H20O10. The first kappa shape index (κ1) is 21.5. The zero-order valence-electron chi connectivity index (χ0n) is 16.0. The van der Waals surface area contributed by atoms with Crippen LogP contribution in [0, 0.1) is 0 Å². The SMILES string of the molecule is O=C1C=CC(=O)C2=C1OCCOCCOC1=C(OCCOCCO2)C(=O)C=CC1=O. The second-order valence-electron chi connectivity index (χ2n) is 6.06. The smallest absolute Gasteiger partial charge is 0.224 e. The molecule has 10 heteroatoms. The van der Waals surface area contributed by atoms with Crippen molar-refractivity contribution in [2.45, 2.75) is 0 Å². The Morgan fingerprint density at radius 2 is 0.633 bits per heavy atom. The average molecular weight is 420 g/mol. The van der Waals surface area contributed by atoms with E-state index in [1.165, 1.54) is 0 Å². The second kappa shape index (κ2) is 10.5. The van der Waals surface area contributed by atoms with E-state index in [1.807, 2.05) is 0 Å². The number of rotatable bonds is 0. The average Bonchev–Trinajstić information content (AvgIpc) is 2.73. The monoisotopic (exact) mass is 420 g/mol. The topological polar surface area (TPSA) is 124 Å². The summed E-state index contributed by atoms with van der Waals surface area (Å²) in [7, 11) is 0. The van der Waals surface area contributed by atoms with Gasteiger partial charge in [-0.1, -0.05) is 0 Å². The van der Waals surface area contributed by atoms with Crippen LogP contribution in [0.15, 0.2) is 47.3 Å². The fourth-order valence-electron chi connectivity index (χ4n) is 2.61. The van der Waals surface area contributed by atoms with Gasteiger partial charge in [0.05, 0.1) is 26.4 Å². The van der Waals surface area contributed by atoms with E-state index < -0.39 is 23.1 Å². The molecule has 0 radical (unpaired) electrons. The Morgan fingerprint density at radius 1 is 0.400 bits per heavy atom. The van der Waals surface area contributed by atoms with Crippen LogP contribution in [-0.4, -0.2) is 76.0 Å². The minimum absolute atomic E-state index is 0.0111. The normalized spacial score (nSPS) is 22.1. The van der Waals surface area contributed by atoms with Crippen molar-refractivity contribution in [2.24, 2.45) is 0 Å². The van der Waals surface area contributed by atoms with Crippen LogP contribution in [-0.2, 0) is 47.6 Å². The zero-order valence-corrected chi connectivity index (χ0v) is 16.0. The van der Waals surface area contributed by atoms with Gasteiger partial charge in [0.1, 0.15) is 26.4 Å². The lowest BCUT2D eigenvalue weighted by atomic mass is 10.1. The maximum Gasteiger partial charge on any atom is 0.224 e. The fourth-order valence-corrected chi connectivity index (χ4v) is 2.61. The van der Waals surface area contributed by atoms with E-state index in [9.17, 15) is 19.2 Å². The molecule has 0 aromatic carbocycles. The first-order valence-corrected chi connectivity index (χ1v) is 9.26. The van der Waals surface area contributed by atoms with E-state index in [1.54, 1.807) is 0 Å². The summed E-state index contributed by atoms with van der Waals surface area (Å²) in [5.74, 6) is -2.65. The molecule has 1 aliphatic heterocycles. The van der Waals surface area contributed by atoms with Gasteiger partial charge in [-0.05, 0) is 24.3 Å². The predicted molar refractivity (Wildman–Crippen MR) is 97.8 cm³/mol. The lowest BCUT2D eigenvalue weighted by Gasteiger charge is -2.18. The highest BCUT2D eigenvalue weighted by Crippen LogP contribution is 2.18. The summed E-state index contributed by atoms with van der Waals surface area (Å²) in [6.07, 6.45) is 4.45. The Hall–Kier alpha value is -3.24. The zero-order chi connectivity index (χ0) is 21.3. The van der Waals surface area contributed by atoms with Crippen molar-refractivity contribution in [3.05, 3.63) is 47.3 Å². The lowest BCUT2D eigenvalue weighted by molar-refractivity contribution is -0.121.